The van der Waals surface area contributed by atoms with Crippen molar-refractivity contribution in [3.63, 3.8) is 0 Å². The molecule has 144 valence electrons. The van der Waals surface area contributed by atoms with Gasteiger partial charge in [-0.15, -0.1) is 0 Å². The van der Waals surface area contributed by atoms with Gasteiger partial charge in [0.2, 0.25) is 0 Å². The Bertz CT molecular complexity index is 1020. The topological polar surface area (TPSA) is 65.4 Å². The van der Waals surface area contributed by atoms with E-state index in [1.807, 2.05) is 48.5 Å². The predicted molar refractivity (Wildman–Crippen MR) is 108 cm³/mol. The molecule has 2 aromatic carbocycles. The van der Waals surface area contributed by atoms with Crippen molar-refractivity contribution < 1.29 is 9.47 Å². The fourth-order valence-electron chi connectivity index (χ4n) is 2.97. The Hall–Kier alpha value is -2.99. The molecule has 0 aliphatic carbocycles. The molecule has 1 aliphatic heterocycles. The molecule has 0 fully saturated rings. The first-order chi connectivity index (χ1) is 13.7. The lowest BCUT2D eigenvalue weighted by Crippen LogP contribution is -2.24. The monoisotopic (exact) mass is 397 g/mol. The summed E-state index contributed by atoms with van der Waals surface area (Å²) in [6, 6.07) is 15.5. The summed E-state index contributed by atoms with van der Waals surface area (Å²) in [5, 5.41) is 7.55. The molecule has 0 spiro atoms. The van der Waals surface area contributed by atoms with Crippen LogP contribution in [0, 0.1) is 0 Å². The molecule has 6 nitrogen and oxygen atoms in total. The first-order valence-corrected chi connectivity index (χ1v) is 9.50. The maximum atomic E-state index is 12.5. The van der Waals surface area contributed by atoms with Gasteiger partial charge < -0.3 is 14.8 Å². The summed E-state index contributed by atoms with van der Waals surface area (Å²) in [6.45, 7) is 2.16. The van der Waals surface area contributed by atoms with Crippen LogP contribution in [0.25, 0.3) is 0 Å². The van der Waals surface area contributed by atoms with E-state index in [1.54, 1.807) is 6.20 Å². The second kappa shape index (κ2) is 8.35. The Morgan fingerprint density at radius 1 is 1.04 bits per heavy atom. The van der Waals surface area contributed by atoms with Crippen molar-refractivity contribution in [1.29, 1.82) is 0 Å². The number of hydrogen-bond acceptors (Lipinski definition) is 5. The largest absolute Gasteiger partial charge is 0.490 e. The van der Waals surface area contributed by atoms with Gasteiger partial charge in [0.05, 0.1) is 31.6 Å². The number of benzene rings is 2. The highest BCUT2D eigenvalue weighted by molar-refractivity contribution is 6.32. The minimum atomic E-state index is -0.325. The number of anilines is 1. The van der Waals surface area contributed by atoms with Gasteiger partial charge in [0.15, 0.2) is 11.5 Å². The molecular formula is C21H20ClN3O3. The number of fused-ring (bicyclic) bond motifs is 1. The van der Waals surface area contributed by atoms with Crippen molar-refractivity contribution in [1.82, 2.24) is 9.78 Å². The first kappa shape index (κ1) is 18.4. The fourth-order valence-corrected chi connectivity index (χ4v) is 3.19. The van der Waals surface area contributed by atoms with Gasteiger partial charge >= 0.3 is 0 Å². The molecule has 0 saturated carbocycles. The van der Waals surface area contributed by atoms with Crippen LogP contribution in [-0.4, -0.2) is 23.0 Å². The molecule has 1 N–H and O–H groups in total. The lowest BCUT2D eigenvalue weighted by molar-refractivity contribution is 0.297. The van der Waals surface area contributed by atoms with E-state index in [1.165, 1.54) is 4.68 Å². The molecule has 0 saturated heterocycles. The van der Waals surface area contributed by atoms with E-state index in [9.17, 15) is 4.79 Å². The van der Waals surface area contributed by atoms with Gasteiger partial charge in [-0.2, -0.15) is 5.10 Å². The predicted octanol–water partition coefficient (Wildman–Crippen LogP) is 3.72. The number of hydrogen-bond donors (Lipinski definition) is 1. The highest BCUT2D eigenvalue weighted by atomic mass is 35.5. The molecule has 0 bridgehead atoms. The molecule has 4 rings (SSSR count). The standard InChI is InChI=1S/C21H20ClN3O3/c22-20-17(13-24-25(21(20)26)14-15-5-2-1-3-6-15)23-12-16-7-8-18-19(11-16)28-10-4-9-27-18/h1-3,5-8,11,13,23H,4,9-10,12,14H2. The molecule has 2 heterocycles. The average molecular weight is 398 g/mol. The molecular weight excluding hydrogens is 378 g/mol. The van der Waals surface area contributed by atoms with Crippen molar-refractivity contribution in [2.75, 3.05) is 18.5 Å². The molecule has 1 aromatic heterocycles. The van der Waals surface area contributed by atoms with E-state index in [4.69, 9.17) is 21.1 Å². The Morgan fingerprint density at radius 3 is 2.64 bits per heavy atom. The van der Waals surface area contributed by atoms with E-state index in [0.29, 0.717) is 32.0 Å². The van der Waals surface area contributed by atoms with E-state index in [-0.39, 0.29) is 10.6 Å². The smallest absolute Gasteiger partial charge is 0.287 e. The van der Waals surface area contributed by atoms with Crippen molar-refractivity contribution in [2.45, 2.75) is 19.5 Å². The lowest BCUT2D eigenvalue weighted by atomic mass is 10.2. The minimum Gasteiger partial charge on any atom is -0.490 e. The second-order valence-electron chi connectivity index (χ2n) is 6.51. The summed E-state index contributed by atoms with van der Waals surface area (Å²) in [7, 11) is 0. The van der Waals surface area contributed by atoms with E-state index in [0.717, 1.165) is 29.0 Å². The number of ether oxygens (including phenoxy) is 2. The van der Waals surface area contributed by atoms with Crippen LogP contribution in [0.5, 0.6) is 11.5 Å². The highest BCUT2D eigenvalue weighted by Gasteiger charge is 2.12. The SMILES string of the molecule is O=c1c(Cl)c(NCc2ccc3c(c2)OCCCO3)cnn1Cc1ccccc1. The summed E-state index contributed by atoms with van der Waals surface area (Å²) < 4.78 is 12.7. The van der Waals surface area contributed by atoms with E-state index >= 15 is 0 Å². The summed E-state index contributed by atoms with van der Waals surface area (Å²) in [4.78, 5) is 12.5. The Kier molecular flexibility index (Phi) is 5.48. The van der Waals surface area contributed by atoms with Crippen molar-refractivity contribution in [3.8, 4) is 11.5 Å². The Labute approximate surface area is 167 Å². The van der Waals surface area contributed by atoms with Gasteiger partial charge in [-0.3, -0.25) is 4.79 Å². The fraction of sp³-hybridized carbons (Fsp3) is 0.238. The quantitative estimate of drug-likeness (QED) is 0.710. The minimum absolute atomic E-state index is 0.125. The zero-order valence-electron chi connectivity index (χ0n) is 15.2. The maximum Gasteiger partial charge on any atom is 0.287 e. The lowest BCUT2D eigenvalue weighted by Gasteiger charge is -2.12. The molecule has 0 radical (unpaired) electrons. The first-order valence-electron chi connectivity index (χ1n) is 9.12. The number of halogens is 1. The molecule has 0 atom stereocenters. The summed E-state index contributed by atoms with van der Waals surface area (Å²) in [6.07, 6.45) is 2.44. The van der Waals surface area contributed by atoms with E-state index < -0.39 is 0 Å². The molecule has 3 aromatic rings. The Balaban J connectivity index is 1.47. The highest BCUT2D eigenvalue weighted by Crippen LogP contribution is 2.30. The summed E-state index contributed by atoms with van der Waals surface area (Å²) in [5.41, 5.74) is 2.16. The zero-order chi connectivity index (χ0) is 19.3. The molecule has 0 unspecified atom stereocenters. The van der Waals surface area contributed by atoms with Crippen molar-refractivity contribution >= 4 is 17.3 Å². The normalized spacial score (nSPS) is 13.0. The van der Waals surface area contributed by atoms with Gasteiger partial charge in [-0.05, 0) is 23.3 Å². The van der Waals surface area contributed by atoms with E-state index in [2.05, 4.69) is 10.4 Å². The summed E-state index contributed by atoms with van der Waals surface area (Å²) >= 11 is 6.29. The van der Waals surface area contributed by atoms with Crippen LogP contribution in [0.2, 0.25) is 5.02 Å². The van der Waals surface area contributed by atoms with Gasteiger partial charge in [0, 0.05) is 13.0 Å². The number of rotatable bonds is 5. The molecule has 7 heteroatoms. The van der Waals surface area contributed by atoms with Crippen LogP contribution in [0.1, 0.15) is 17.5 Å². The van der Waals surface area contributed by atoms with Crippen LogP contribution in [-0.2, 0) is 13.1 Å². The van der Waals surface area contributed by atoms with Gasteiger partial charge in [-0.25, -0.2) is 4.68 Å². The van der Waals surface area contributed by atoms with Gasteiger partial charge in [0.25, 0.3) is 5.56 Å². The van der Waals surface area contributed by atoms with Crippen LogP contribution in [0.3, 0.4) is 0 Å². The third-order valence-electron chi connectivity index (χ3n) is 4.45. The van der Waals surface area contributed by atoms with Crippen molar-refractivity contribution in [3.05, 3.63) is 81.2 Å². The zero-order valence-corrected chi connectivity index (χ0v) is 16.0. The Morgan fingerprint density at radius 2 is 1.82 bits per heavy atom. The van der Waals surface area contributed by atoms with Crippen LogP contribution < -0.4 is 20.3 Å². The van der Waals surface area contributed by atoms with Gasteiger partial charge in [-0.1, -0.05) is 48.0 Å². The van der Waals surface area contributed by atoms with Crippen LogP contribution in [0.4, 0.5) is 5.69 Å². The maximum absolute atomic E-state index is 12.5. The molecule has 1 aliphatic rings. The van der Waals surface area contributed by atoms with Crippen LogP contribution in [0.15, 0.2) is 59.5 Å². The second-order valence-corrected chi connectivity index (χ2v) is 6.88. The molecule has 0 amide bonds. The molecule has 28 heavy (non-hydrogen) atoms. The van der Waals surface area contributed by atoms with Gasteiger partial charge in [0.1, 0.15) is 5.02 Å². The third-order valence-corrected chi connectivity index (χ3v) is 4.82. The third kappa shape index (κ3) is 4.12. The number of aromatic nitrogens is 2. The average Bonchev–Trinajstić information content (AvgIpc) is 2.97. The number of nitrogens with zero attached hydrogens (tertiary/aromatic N) is 2. The van der Waals surface area contributed by atoms with Crippen LogP contribution >= 0.6 is 11.6 Å². The van der Waals surface area contributed by atoms with Crippen molar-refractivity contribution in [2.24, 2.45) is 0 Å². The number of nitrogens with one attached hydrogen (secondary N) is 1. The summed E-state index contributed by atoms with van der Waals surface area (Å²) in [5.74, 6) is 1.49.